The van der Waals surface area contributed by atoms with E-state index in [1.165, 1.54) is 28.7 Å². The van der Waals surface area contributed by atoms with Crippen molar-refractivity contribution in [1.82, 2.24) is 9.47 Å². The number of anilines is 1. The van der Waals surface area contributed by atoms with Gasteiger partial charge in [0, 0.05) is 24.7 Å². The molecule has 5 rings (SSSR count). The van der Waals surface area contributed by atoms with Gasteiger partial charge < -0.3 is 4.90 Å². The van der Waals surface area contributed by atoms with Gasteiger partial charge in [0.25, 0.3) is 11.5 Å². The van der Waals surface area contributed by atoms with E-state index in [1.54, 1.807) is 9.47 Å². The van der Waals surface area contributed by atoms with Crippen molar-refractivity contribution >= 4 is 61.8 Å². The van der Waals surface area contributed by atoms with E-state index in [1.807, 2.05) is 56.4 Å². The zero-order chi connectivity index (χ0) is 23.5. The van der Waals surface area contributed by atoms with E-state index in [9.17, 15) is 9.59 Å². The molecule has 5 nitrogen and oxygen atoms in total. The highest BCUT2D eigenvalue weighted by Gasteiger charge is 2.40. The minimum atomic E-state index is -0.358. The number of thioether (sulfide) groups is 1. The van der Waals surface area contributed by atoms with E-state index in [2.05, 4.69) is 30.9 Å². The number of benzene rings is 2. The van der Waals surface area contributed by atoms with Gasteiger partial charge in [0.15, 0.2) is 0 Å². The number of aromatic nitrogens is 1. The van der Waals surface area contributed by atoms with Crippen LogP contribution in [0.2, 0.25) is 0 Å². The lowest BCUT2D eigenvalue weighted by Gasteiger charge is -2.23. The topological polar surface area (TPSA) is 45.6 Å². The Morgan fingerprint density at radius 3 is 2.30 bits per heavy atom. The van der Waals surface area contributed by atoms with Crippen LogP contribution in [-0.4, -0.2) is 33.3 Å². The Morgan fingerprint density at radius 2 is 1.67 bits per heavy atom. The third kappa shape index (κ3) is 3.23. The van der Waals surface area contributed by atoms with E-state index in [0.717, 1.165) is 17.1 Å². The Hall–Kier alpha value is -2.68. The molecule has 2 aliphatic rings. The van der Waals surface area contributed by atoms with Gasteiger partial charge in [-0.1, -0.05) is 74.2 Å². The lowest BCUT2D eigenvalue weighted by atomic mass is 9.84. The summed E-state index contributed by atoms with van der Waals surface area (Å²) < 4.78 is 3.46. The number of hydrogen-bond acceptors (Lipinski definition) is 6. The number of hydrogen-bond donors (Lipinski definition) is 0. The highest BCUT2D eigenvalue weighted by atomic mass is 32.2. The average molecular weight is 494 g/mol. The molecule has 1 saturated heterocycles. The lowest BCUT2D eigenvalue weighted by Crippen LogP contribution is -2.37. The fourth-order valence-corrected chi connectivity index (χ4v) is 7.59. The summed E-state index contributed by atoms with van der Waals surface area (Å²) in [6.45, 7) is 6.70. The zero-order valence-corrected chi connectivity index (χ0v) is 21.2. The van der Waals surface area contributed by atoms with Crippen molar-refractivity contribution in [1.29, 1.82) is 0 Å². The van der Waals surface area contributed by atoms with Crippen LogP contribution in [0.1, 0.15) is 26.3 Å². The molecule has 0 bridgehead atoms. The Kier molecular flexibility index (Phi) is 5.34. The van der Waals surface area contributed by atoms with Crippen LogP contribution in [0.3, 0.4) is 0 Å². The first kappa shape index (κ1) is 22.1. The standard InChI is InChI=1S/C25H23N3O2S3/c1-5-27-21(29)19(33-24(27)31)23-28(15-11-7-6-8-12-15)22(30)18(32-23)20-25(2,3)16-13-9-10-14-17(16)26(20)4/h6-14H,5H2,1-4H3. The summed E-state index contributed by atoms with van der Waals surface area (Å²) in [6, 6.07) is 17.7. The highest BCUT2D eigenvalue weighted by molar-refractivity contribution is 8.30. The van der Waals surface area contributed by atoms with Crippen molar-refractivity contribution in [3.63, 3.8) is 0 Å². The molecular weight excluding hydrogens is 470 g/mol. The lowest BCUT2D eigenvalue weighted by molar-refractivity contribution is -0.120. The second-order valence-corrected chi connectivity index (χ2v) is 11.2. The maximum atomic E-state index is 14.0. The highest BCUT2D eigenvalue weighted by Crippen LogP contribution is 2.47. The molecule has 1 fully saturated rings. The van der Waals surface area contributed by atoms with E-state index < -0.39 is 0 Å². The van der Waals surface area contributed by atoms with Gasteiger partial charge in [-0.25, -0.2) is 0 Å². The number of rotatable bonds is 2. The van der Waals surface area contributed by atoms with E-state index in [-0.39, 0.29) is 16.9 Å². The Morgan fingerprint density at radius 1 is 1.00 bits per heavy atom. The van der Waals surface area contributed by atoms with Crippen molar-refractivity contribution in [3.05, 3.63) is 79.7 Å². The molecule has 1 aromatic heterocycles. The number of thiocarbonyl (C=S) groups is 1. The second-order valence-electron chi connectivity index (χ2n) is 8.51. The van der Waals surface area contributed by atoms with Crippen LogP contribution < -0.4 is 19.7 Å². The predicted molar refractivity (Wildman–Crippen MR) is 141 cm³/mol. The first-order valence-electron chi connectivity index (χ1n) is 10.7. The summed E-state index contributed by atoms with van der Waals surface area (Å²) in [5, 5.41) is 0. The summed E-state index contributed by atoms with van der Waals surface area (Å²) >= 11 is 8.10. The third-order valence-electron chi connectivity index (χ3n) is 6.25. The summed E-state index contributed by atoms with van der Waals surface area (Å²) in [4.78, 5) is 31.4. The fraction of sp³-hybridized carbons (Fsp3) is 0.240. The molecule has 3 heterocycles. The van der Waals surface area contributed by atoms with Gasteiger partial charge in [0.2, 0.25) is 0 Å². The van der Waals surface area contributed by atoms with Crippen molar-refractivity contribution in [2.45, 2.75) is 26.2 Å². The number of nitrogens with zero attached hydrogens (tertiary/aromatic N) is 3. The second kappa shape index (κ2) is 7.97. The quantitative estimate of drug-likeness (QED) is 0.512. The summed E-state index contributed by atoms with van der Waals surface area (Å²) in [5.41, 5.74) is 3.48. The average Bonchev–Trinajstić information content (AvgIpc) is 3.35. The molecule has 168 valence electrons. The van der Waals surface area contributed by atoms with Crippen molar-refractivity contribution in [3.8, 4) is 5.69 Å². The molecule has 3 aromatic rings. The summed E-state index contributed by atoms with van der Waals surface area (Å²) in [6.07, 6.45) is 0. The maximum Gasteiger partial charge on any atom is 0.275 e. The molecule has 0 aliphatic carbocycles. The summed E-state index contributed by atoms with van der Waals surface area (Å²) in [5.74, 6) is -0.141. The van der Waals surface area contributed by atoms with E-state index in [4.69, 9.17) is 12.2 Å². The first-order chi connectivity index (χ1) is 15.8. The van der Waals surface area contributed by atoms with Crippen molar-refractivity contribution in [2.75, 3.05) is 18.5 Å². The number of amides is 1. The molecule has 2 aliphatic heterocycles. The SMILES string of the molecule is CCN1C(=O)C(=c2sc(=C3N(C)c4ccccc4C3(C)C)c(=O)n2-c2ccccc2)SC1=S. The third-order valence-corrected chi connectivity index (χ3v) is 8.97. The number of carbonyl (C=O) groups is 1. The molecule has 0 radical (unpaired) electrons. The van der Waals surface area contributed by atoms with Gasteiger partial charge >= 0.3 is 0 Å². The number of thiazole rings is 1. The molecule has 0 unspecified atom stereocenters. The molecular formula is C25H23N3O2S3. The first-order valence-corrected chi connectivity index (χ1v) is 12.7. The molecule has 2 aromatic carbocycles. The molecule has 33 heavy (non-hydrogen) atoms. The van der Waals surface area contributed by atoms with Crippen LogP contribution in [0.5, 0.6) is 0 Å². The normalized spacial score (nSPS) is 20.6. The van der Waals surface area contributed by atoms with Gasteiger partial charge in [0.05, 0.1) is 11.4 Å². The maximum absolute atomic E-state index is 14.0. The van der Waals surface area contributed by atoms with Gasteiger partial charge in [0.1, 0.15) is 18.4 Å². The number of carbonyl (C=O) groups excluding carboxylic acids is 1. The minimum absolute atomic E-state index is 0.120. The van der Waals surface area contributed by atoms with E-state index >= 15 is 0 Å². The molecule has 8 heteroatoms. The van der Waals surface area contributed by atoms with Crippen LogP contribution in [-0.2, 0) is 10.2 Å². The van der Waals surface area contributed by atoms with Crippen LogP contribution >= 0.6 is 35.3 Å². The van der Waals surface area contributed by atoms with Gasteiger partial charge in [-0.15, -0.1) is 11.3 Å². The van der Waals surface area contributed by atoms with Crippen LogP contribution in [0, 0.1) is 0 Å². The Bertz CT molecular complexity index is 1490. The minimum Gasteiger partial charge on any atom is -0.346 e. The largest absolute Gasteiger partial charge is 0.346 e. The molecule has 1 amide bonds. The van der Waals surface area contributed by atoms with Crippen molar-refractivity contribution in [2.24, 2.45) is 0 Å². The Balaban J connectivity index is 1.91. The van der Waals surface area contributed by atoms with E-state index in [0.29, 0.717) is 25.0 Å². The molecule has 0 atom stereocenters. The van der Waals surface area contributed by atoms with Gasteiger partial charge in [-0.05, 0) is 30.7 Å². The van der Waals surface area contributed by atoms with Gasteiger partial charge in [-0.3, -0.25) is 19.1 Å². The Labute approximate surface area is 205 Å². The van der Waals surface area contributed by atoms with Crippen molar-refractivity contribution < 1.29 is 4.79 Å². The number of likely N-dealkylation sites (N-methyl/N-ethyl adjacent to an activating group) is 1. The molecule has 0 spiro atoms. The van der Waals surface area contributed by atoms with Crippen LogP contribution in [0.4, 0.5) is 5.69 Å². The van der Waals surface area contributed by atoms with Crippen LogP contribution in [0.25, 0.3) is 16.3 Å². The number of fused-ring (bicyclic) bond motifs is 1. The zero-order valence-electron chi connectivity index (χ0n) is 18.8. The molecule has 0 saturated carbocycles. The van der Waals surface area contributed by atoms with Gasteiger partial charge in [-0.2, -0.15) is 0 Å². The monoisotopic (exact) mass is 493 g/mol. The fourth-order valence-electron chi connectivity index (χ4n) is 4.69. The smallest absolute Gasteiger partial charge is 0.275 e. The van der Waals surface area contributed by atoms with Crippen LogP contribution in [0.15, 0.2) is 59.4 Å². The summed E-state index contributed by atoms with van der Waals surface area (Å²) in [7, 11) is 2.01. The predicted octanol–water partition coefficient (Wildman–Crippen LogP) is 3.42. The number of para-hydroxylation sites is 2. The molecule has 0 N–H and O–H groups in total.